The third kappa shape index (κ3) is 3.38. The summed E-state index contributed by atoms with van der Waals surface area (Å²) in [5.41, 5.74) is 6.09. The Balaban J connectivity index is 1.85. The fourth-order valence-corrected chi connectivity index (χ4v) is 3.51. The van der Waals surface area contributed by atoms with E-state index in [0.717, 1.165) is 6.42 Å². The molecule has 2 aromatic heterocycles. The number of hydrogen-bond donors (Lipinski definition) is 3. The number of nitrogens with one attached hydrogen (secondary N) is 2. The van der Waals surface area contributed by atoms with Gasteiger partial charge in [-0.05, 0) is 28.8 Å². The molecule has 0 unspecified atom stereocenters. The van der Waals surface area contributed by atoms with Crippen molar-refractivity contribution in [2.45, 2.75) is 39.0 Å². The van der Waals surface area contributed by atoms with E-state index >= 15 is 0 Å². The Morgan fingerprint density at radius 1 is 1.54 bits per heavy atom. The van der Waals surface area contributed by atoms with Gasteiger partial charge in [0.2, 0.25) is 0 Å². The molecule has 0 spiro atoms. The molecule has 1 aliphatic rings. The van der Waals surface area contributed by atoms with Crippen molar-refractivity contribution in [3.05, 3.63) is 22.0 Å². The summed E-state index contributed by atoms with van der Waals surface area (Å²) >= 11 is 3.27. The molecule has 1 aliphatic heterocycles. The predicted molar refractivity (Wildman–Crippen MR) is 95.1 cm³/mol. The van der Waals surface area contributed by atoms with Crippen LogP contribution in [0.5, 0.6) is 0 Å². The molecule has 3 heterocycles. The topological polar surface area (TPSA) is 136 Å². The minimum Gasteiger partial charge on any atom is -0.463 e. The van der Waals surface area contributed by atoms with Crippen molar-refractivity contribution in [1.82, 2.24) is 14.5 Å². The van der Waals surface area contributed by atoms with Crippen LogP contribution in [0.1, 0.15) is 43.3 Å². The molecule has 3 rings (SSSR count). The number of carbonyl (C=O) groups excluding carboxylic acids is 2. The molecule has 4 N–H and O–H groups in total. The second-order valence-corrected chi connectivity index (χ2v) is 7.27. The van der Waals surface area contributed by atoms with E-state index in [-0.39, 0.29) is 41.9 Å². The summed E-state index contributed by atoms with van der Waals surface area (Å²) < 4.78 is 13.3. The number of aromatic nitrogens is 3. The molecule has 0 radical (unpaired) electrons. The van der Waals surface area contributed by atoms with Crippen molar-refractivity contribution in [3.63, 3.8) is 0 Å². The molecular weight excluding hydrogens is 406 g/mol. The number of nitrogens with zero attached hydrogens (tertiary/aromatic N) is 2. The molecule has 140 valence electrons. The Kier molecular flexibility index (Phi) is 5.15. The fraction of sp³-hybridized carbons (Fsp3) is 0.500. The van der Waals surface area contributed by atoms with Crippen LogP contribution in [0.4, 0.5) is 0 Å². The third-order valence-corrected chi connectivity index (χ3v) is 4.86. The number of fused-ring (bicyclic) bond motifs is 1. The van der Waals surface area contributed by atoms with E-state index < -0.39 is 5.91 Å². The average molecular weight is 426 g/mol. The van der Waals surface area contributed by atoms with Gasteiger partial charge in [-0.1, -0.05) is 13.8 Å². The number of carbonyl (C=O) groups is 2. The van der Waals surface area contributed by atoms with Gasteiger partial charge in [0.05, 0.1) is 27.6 Å². The van der Waals surface area contributed by atoms with Gasteiger partial charge in [0.25, 0.3) is 5.91 Å². The number of aromatic amines is 1. The SMILES string of the molecule is CC(C)C(=O)OC[C@@H]1CC[C@@H](n2cnc(=N)c3c(C(N)=O)c(Br)[nH]c32)O1. The molecular formula is C16H20BrN5O4. The number of ether oxygens (including phenoxy) is 2. The van der Waals surface area contributed by atoms with E-state index in [1.165, 1.54) is 6.33 Å². The van der Waals surface area contributed by atoms with E-state index in [0.29, 0.717) is 22.1 Å². The van der Waals surface area contributed by atoms with Gasteiger partial charge in [0.1, 0.15) is 24.8 Å². The van der Waals surface area contributed by atoms with E-state index in [4.69, 9.17) is 20.6 Å². The zero-order valence-electron chi connectivity index (χ0n) is 14.4. The lowest BCUT2D eigenvalue weighted by molar-refractivity contribution is -0.152. The van der Waals surface area contributed by atoms with Crippen molar-refractivity contribution in [1.29, 1.82) is 5.41 Å². The number of halogens is 1. The highest BCUT2D eigenvalue weighted by Gasteiger charge is 2.30. The second kappa shape index (κ2) is 7.20. The number of primary amides is 1. The van der Waals surface area contributed by atoms with Crippen LogP contribution in [0.15, 0.2) is 10.9 Å². The molecule has 9 nitrogen and oxygen atoms in total. The number of hydrogen-bond acceptors (Lipinski definition) is 6. The number of nitrogens with two attached hydrogens (primary N) is 1. The summed E-state index contributed by atoms with van der Waals surface area (Å²) in [4.78, 5) is 30.4. The Labute approximate surface area is 157 Å². The van der Waals surface area contributed by atoms with E-state index in [1.54, 1.807) is 18.4 Å². The van der Waals surface area contributed by atoms with Crippen LogP contribution >= 0.6 is 15.9 Å². The van der Waals surface area contributed by atoms with Gasteiger partial charge in [-0.15, -0.1) is 0 Å². The van der Waals surface area contributed by atoms with Crippen LogP contribution in [0.2, 0.25) is 0 Å². The molecule has 1 amide bonds. The molecule has 1 saturated heterocycles. The molecule has 26 heavy (non-hydrogen) atoms. The highest BCUT2D eigenvalue weighted by Crippen LogP contribution is 2.32. The quantitative estimate of drug-likeness (QED) is 0.624. The largest absolute Gasteiger partial charge is 0.463 e. The van der Waals surface area contributed by atoms with Crippen molar-refractivity contribution < 1.29 is 19.1 Å². The van der Waals surface area contributed by atoms with Crippen LogP contribution in [0, 0.1) is 11.3 Å². The molecule has 2 atom stereocenters. The molecule has 0 bridgehead atoms. The van der Waals surface area contributed by atoms with Crippen LogP contribution in [-0.2, 0) is 14.3 Å². The van der Waals surface area contributed by atoms with Crippen LogP contribution in [0.25, 0.3) is 11.0 Å². The highest BCUT2D eigenvalue weighted by atomic mass is 79.9. The van der Waals surface area contributed by atoms with Crippen LogP contribution in [-0.4, -0.2) is 39.1 Å². The molecule has 0 aliphatic carbocycles. The molecule has 10 heteroatoms. The van der Waals surface area contributed by atoms with Crippen molar-refractivity contribution in [2.75, 3.05) is 6.61 Å². The number of rotatable bonds is 5. The maximum atomic E-state index is 11.7. The zero-order valence-corrected chi connectivity index (χ0v) is 16.0. The predicted octanol–water partition coefficient (Wildman–Crippen LogP) is 1.58. The third-order valence-electron chi connectivity index (χ3n) is 4.27. The Morgan fingerprint density at radius 2 is 2.27 bits per heavy atom. The lowest BCUT2D eigenvalue weighted by Crippen LogP contribution is -2.22. The summed E-state index contributed by atoms with van der Waals surface area (Å²) in [6.07, 6.45) is 2.34. The lowest BCUT2D eigenvalue weighted by Gasteiger charge is -2.17. The summed E-state index contributed by atoms with van der Waals surface area (Å²) in [5.74, 6) is -1.09. The average Bonchev–Trinajstić information content (AvgIpc) is 3.17. The summed E-state index contributed by atoms with van der Waals surface area (Å²) in [5, 5.41) is 8.34. The van der Waals surface area contributed by atoms with E-state index in [9.17, 15) is 9.59 Å². The van der Waals surface area contributed by atoms with Crippen molar-refractivity contribution in [3.8, 4) is 0 Å². The first-order valence-corrected chi connectivity index (χ1v) is 9.03. The minimum atomic E-state index is -0.651. The van der Waals surface area contributed by atoms with Gasteiger partial charge in [-0.3, -0.25) is 19.6 Å². The summed E-state index contributed by atoms with van der Waals surface area (Å²) in [7, 11) is 0. The fourth-order valence-electron chi connectivity index (χ4n) is 2.93. The van der Waals surface area contributed by atoms with Crippen molar-refractivity contribution in [2.24, 2.45) is 11.7 Å². The molecule has 0 aromatic carbocycles. The lowest BCUT2D eigenvalue weighted by atomic mass is 10.2. The van der Waals surface area contributed by atoms with Crippen LogP contribution < -0.4 is 11.2 Å². The number of H-pyrrole nitrogens is 1. The van der Waals surface area contributed by atoms with Crippen LogP contribution in [0.3, 0.4) is 0 Å². The molecule has 0 saturated carbocycles. The van der Waals surface area contributed by atoms with Gasteiger partial charge < -0.3 is 20.2 Å². The monoisotopic (exact) mass is 425 g/mol. The van der Waals surface area contributed by atoms with Gasteiger partial charge >= 0.3 is 5.97 Å². The number of esters is 1. The zero-order chi connectivity index (χ0) is 19.0. The Bertz CT molecular complexity index is 919. The maximum absolute atomic E-state index is 11.7. The van der Waals surface area contributed by atoms with E-state index in [1.807, 2.05) is 0 Å². The standard InChI is InChI=1S/C16H20BrN5O4/c1-7(2)16(24)25-5-8-3-4-9(26-8)22-6-20-13(18)11-10(14(19)23)12(17)21-15(11)22/h6-9,18,21H,3-5H2,1-2H3,(H2,19,23)/t8-,9-/m0/s1. The Morgan fingerprint density at radius 3 is 2.92 bits per heavy atom. The van der Waals surface area contributed by atoms with Crippen molar-refractivity contribution >= 4 is 38.8 Å². The molecule has 1 fully saturated rings. The maximum Gasteiger partial charge on any atom is 0.308 e. The summed E-state index contributed by atoms with van der Waals surface area (Å²) in [6.45, 7) is 3.75. The first-order valence-electron chi connectivity index (χ1n) is 8.24. The highest BCUT2D eigenvalue weighted by molar-refractivity contribution is 9.10. The second-order valence-electron chi connectivity index (χ2n) is 6.48. The smallest absolute Gasteiger partial charge is 0.308 e. The van der Waals surface area contributed by atoms with Gasteiger partial charge in [0.15, 0.2) is 5.49 Å². The number of amides is 1. The first kappa shape index (κ1) is 18.6. The molecule has 2 aromatic rings. The summed E-state index contributed by atoms with van der Waals surface area (Å²) in [6, 6.07) is 0. The van der Waals surface area contributed by atoms with Gasteiger partial charge in [-0.25, -0.2) is 4.98 Å². The minimum absolute atomic E-state index is 0.0487. The van der Waals surface area contributed by atoms with Gasteiger partial charge in [0, 0.05) is 0 Å². The normalized spacial score (nSPS) is 20.0. The Hall–Kier alpha value is -2.20. The van der Waals surface area contributed by atoms with Gasteiger partial charge in [-0.2, -0.15) is 0 Å². The van der Waals surface area contributed by atoms with E-state index in [2.05, 4.69) is 25.9 Å². The first-order chi connectivity index (χ1) is 12.3.